The van der Waals surface area contributed by atoms with E-state index in [9.17, 15) is 8.42 Å². The van der Waals surface area contributed by atoms with Gasteiger partial charge in [0.2, 0.25) is 0 Å². The van der Waals surface area contributed by atoms with E-state index < -0.39 is 9.84 Å². The molecule has 5 heteroatoms. The molecule has 0 amide bonds. The van der Waals surface area contributed by atoms with Crippen LogP contribution in [0.5, 0.6) is 5.75 Å². The van der Waals surface area contributed by atoms with Crippen LogP contribution in [0.3, 0.4) is 0 Å². The molecule has 0 spiro atoms. The molecule has 0 aliphatic carbocycles. The number of aliphatic hydroxyl groups excluding tert-OH is 1. The number of hydrogen-bond acceptors (Lipinski definition) is 4. The summed E-state index contributed by atoms with van der Waals surface area (Å²) in [5.74, 6) is 0.732. The molecule has 21 heavy (non-hydrogen) atoms. The molecular formula is C16H18O4S. The van der Waals surface area contributed by atoms with E-state index in [-0.39, 0.29) is 12.4 Å². The Morgan fingerprint density at radius 1 is 0.952 bits per heavy atom. The molecule has 0 aromatic heterocycles. The number of rotatable bonds is 7. The molecule has 4 nitrogen and oxygen atoms in total. The molecule has 2 aromatic rings. The zero-order chi connectivity index (χ0) is 15.1. The highest BCUT2D eigenvalue weighted by Crippen LogP contribution is 2.14. The molecule has 0 atom stereocenters. The van der Waals surface area contributed by atoms with E-state index in [0.717, 1.165) is 5.56 Å². The zero-order valence-electron chi connectivity index (χ0n) is 11.6. The molecule has 0 aliphatic heterocycles. The summed E-state index contributed by atoms with van der Waals surface area (Å²) in [4.78, 5) is 0.345. The van der Waals surface area contributed by atoms with Gasteiger partial charge in [-0.05, 0) is 36.2 Å². The Morgan fingerprint density at radius 3 is 2.24 bits per heavy atom. The van der Waals surface area contributed by atoms with Gasteiger partial charge in [0.05, 0.1) is 23.9 Å². The summed E-state index contributed by atoms with van der Waals surface area (Å²) >= 11 is 0. The van der Waals surface area contributed by atoms with E-state index in [1.807, 2.05) is 0 Å². The summed E-state index contributed by atoms with van der Waals surface area (Å²) in [6.07, 6.45) is 0.430. The smallest absolute Gasteiger partial charge is 0.178 e. The third kappa shape index (κ3) is 4.58. The SMILES string of the molecule is O=S(=O)(CCCOc1ccc(CO)cc1)c1ccccc1. The molecular weight excluding hydrogens is 288 g/mol. The first kappa shape index (κ1) is 15.5. The van der Waals surface area contributed by atoms with Crippen LogP contribution in [-0.4, -0.2) is 25.9 Å². The van der Waals surface area contributed by atoms with Crippen molar-refractivity contribution in [1.82, 2.24) is 0 Å². The van der Waals surface area contributed by atoms with Crippen LogP contribution in [0, 0.1) is 0 Å². The lowest BCUT2D eigenvalue weighted by Gasteiger charge is -2.07. The Labute approximate surface area is 124 Å². The summed E-state index contributed by atoms with van der Waals surface area (Å²) in [6.45, 7) is 0.333. The number of ether oxygens (including phenoxy) is 1. The average Bonchev–Trinajstić information content (AvgIpc) is 2.53. The summed E-state index contributed by atoms with van der Waals surface area (Å²) < 4.78 is 29.6. The minimum absolute atomic E-state index is 0.00437. The lowest BCUT2D eigenvalue weighted by atomic mass is 10.2. The number of aliphatic hydroxyl groups is 1. The predicted molar refractivity (Wildman–Crippen MR) is 81.0 cm³/mol. The first-order valence-corrected chi connectivity index (χ1v) is 8.37. The highest BCUT2D eigenvalue weighted by atomic mass is 32.2. The van der Waals surface area contributed by atoms with Crippen LogP contribution in [0.2, 0.25) is 0 Å². The Balaban J connectivity index is 1.81. The van der Waals surface area contributed by atoms with Crippen molar-refractivity contribution in [2.45, 2.75) is 17.9 Å². The van der Waals surface area contributed by atoms with Gasteiger partial charge < -0.3 is 9.84 Å². The van der Waals surface area contributed by atoms with E-state index in [1.54, 1.807) is 54.6 Å². The zero-order valence-corrected chi connectivity index (χ0v) is 12.4. The summed E-state index contributed by atoms with van der Waals surface area (Å²) in [6, 6.07) is 15.5. The van der Waals surface area contributed by atoms with Crippen molar-refractivity contribution in [1.29, 1.82) is 0 Å². The Morgan fingerprint density at radius 2 is 1.62 bits per heavy atom. The normalized spacial score (nSPS) is 11.3. The highest BCUT2D eigenvalue weighted by molar-refractivity contribution is 7.91. The van der Waals surface area contributed by atoms with Crippen LogP contribution in [0.4, 0.5) is 0 Å². The Kier molecular flexibility index (Phi) is 5.36. The lowest BCUT2D eigenvalue weighted by molar-refractivity contribution is 0.281. The van der Waals surface area contributed by atoms with Gasteiger partial charge in [-0.25, -0.2) is 8.42 Å². The van der Waals surface area contributed by atoms with E-state index in [4.69, 9.17) is 9.84 Å². The number of benzene rings is 2. The van der Waals surface area contributed by atoms with Crippen molar-refractivity contribution in [3.05, 3.63) is 60.2 Å². The molecule has 2 aromatic carbocycles. The second-order valence-electron chi connectivity index (χ2n) is 4.64. The van der Waals surface area contributed by atoms with Gasteiger partial charge in [-0.2, -0.15) is 0 Å². The highest BCUT2D eigenvalue weighted by Gasteiger charge is 2.13. The van der Waals surface area contributed by atoms with Gasteiger partial charge in [0.25, 0.3) is 0 Å². The topological polar surface area (TPSA) is 63.6 Å². The molecule has 1 N–H and O–H groups in total. The van der Waals surface area contributed by atoms with Gasteiger partial charge in [0, 0.05) is 0 Å². The largest absolute Gasteiger partial charge is 0.494 e. The van der Waals surface area contributed by atoms with E-state index in [2.05, 4.69) is 0 Å². The van der Waals surface area contributed by atoms with Gasteiger partial charge >= 0.3 is 0 Å². The molecule has 0 radical (unpaired) electrons. The number of sulfone groups is 1. The van der Waals surface area contributed by atoms with Crippen LogP contribution < -0.4 is 4.74 Å². The van der Waals surface area contributed by atoms with Crippen LogP contribution in [-0.2, 0) is 16.4 Å². The molecule has 0 aliphatic rings. The first-order chi connectivity index (χ1) is 10.1. The first-order valence-electron chi connectivity index (χ1n) is 6.72. The summed E-state index contributed by atoms with van der Waals surface area (Å²) in [5.41, 5.74) is 0.814. The molecule has 112 valence electrons. The molecule has 2 rings (SSSR count). The second kappa shape index (κ2) is 7.24. The van der Waals surface area contributed by atoms with Crippen LogP contribution >= 0.6 is 0 Å². The minimum Gasteiger partial charge on any atom is -0.494 e. The maximum Gasteiger partial charge on any atom is 0.178 e. The number of hydrogen-bond donors (Lipinski definition) is 1. The predicted octanol–water partition coefficient (Wildman–Crippen LogP) is 2.42. The second-order valence-corrected chi connectivity index (χ2v) is 6.75. The Hall–Kier alpha value is -1.85. The summed E-state index contributed by atoms with van der Waals surface area (Å²) in [7, 11) is -3.24. The molecule has 0 heterocycles. The molecule has 0 saturated heterocycles. The standard InChI is InChI=1S/C16H18O4S/c17-13-14-7-9-15(10-8-14)20-11-4-12-21(18,19)16-5-2-1-3-6-16/h1-3,5-10,17H,4,11-13H2. The van der Waals surface area contributed by atoms with E-state index in [1.165, 1.54) is 0 Å². The fraction of sp³-hybridized carbons (Fsp3) is 0.250. The Bertz CT molecular complexity index is 648. The average molecular weight is 306 g/mol. The lowest BCUT2D eigenvalue weighted by Crippen LogP contribution is -2.10. The van der Waals surface area contributed by atoms with Crippen LogP contribution in [0.25, 0.3) is 0 Å². The van der Waals surface area contributed by atoms with Crippen molar-refractivity contribution in [2.24, 2.45) is 0 Å². The molecule has 0 unspecified atom stereocenters. The quantitative estimate of drug-likeness (QED) is 0.798. The summed E-state index contributed by atoms with van der Waals surface area (Å²) in [5, 5.41) is 8.93. The van der Waals surface area contributed by atoms with Crippen molar-refractivity contribution in [3.8, 4) is 5.75 Å². The fourth-order valence-electron chi connectivity index (χ4n) is 1.88. The van der Waals surface area contributed by atoms with Gasteiger partial charge in [-0.15, -0.1) is 0 Å². The van der Waals surface area contributed by atoms with Crippen molar-refractivity contribution in [3.63, 3.8) is 0 Å². The van der Waals surface area contributed by atoms with Crippen molar-refractivity contribution in [2.75, 3.05) is 12.4 Å². The van der Waals surface area contributed by atoms with Gasteiger partial charge in [0.15, 0.2) is 9.84 Å². The monoisotopic (exact) mass is 306 g/mol. The molecule has 0 bridgehead atoms. The molecule has 0 saturated carbocycles. The van der Waals surface area contributed by atoms with E-state index in [0.29, 0.717) is 23.7 Å². The third-order valence-electron chi connectivity index (χ3n) is 3.03. The van der Waals surface area contributed by atoms with Crippen molar-refractivity contribution >= 4 is 9.84 Å². The minimum atomic E-state index is -3.24. The van der Waals surface area contributed by atoms with Crippen LogP contribution in [0.15, 0.2) is 59.5 Å². The van der Waals surface area contributed by atoms with Crippen LogP contribution in [0.1, 0.15) is 12.0 Å². The maximum absolute atomic E-state index is 12.0. The maximum atomic E-state index is 12.0. The van der Waals surface area contributed by atoms with Gasteiger partial charge in [-0.3, -0.25) is 0 Å². The van der Waals surface area contributed by atoms with E-state index >= 15 is 0 Å². The molecule has 0 fully saturated rings. The van der Waals surface area contributed by atoms with Crippen molar-refractivity contribution < 1.29 is 18.3 Å². The third-order valence-corrected chi connectivity index (χ3v) is 4.85. The van der Waals surface area contributed by atoms with Gasteiger partial charge in [0.1, 0.15) is 5.75 Å². The fourth-order valence-corrected chi connectivity index (χ4v) is 3.18. The van der Waals surface area contributed by atoms with Gasteiger partial charge in [-0.1, -0.05) is 30.3 Å².